The molecule has 2 aromatic carbocycles. The monoisotopic (exact) mass is 417 g/mol. The Morgan fingerprint density at radius 2 is 1.29 bits per heavy atom. The number of rotatable bonds is 4. The molecule has 0 spiro atoms. The van der Waals surface area contributed by atoms with Crippen molar-refractivity contribution in [2.24, 2.45) is 5.41 Å². The van der Waals surface area contributed by atoms with Crippen molar-refractivity contribution in [3.05, 3.63) is 68.8 Å². The first-order valence-corrected chi connectivity index (χ1v) is 11.9. The molecule has 1 aliphatic heterocycles. The van der Waals surface area contributed by atoms with E-state index in [2.05, 4.69) is 102 Å². The summed E-state index contributed by atoms with van der Waals surface area (Å²) >= 11 is 0. The lowest BCUT2D eigenvalue weighted by molar-refractivity contribution is -0.602. The molecule has 2 nitrogen and oxygen atoms in total. The summed E-state index contributed by atoms with van der Waals surface area (Å²) in [6.07, 6.45) is 5.01. The average Bonchev–Trinajstić information content (AvgIpc) is 2.79. The van der Waals surface area contributed by atoms with Crippen molar-refractivity contribution >= 4 is 6.34 Å². The maximum atomic E-state index is 2.68. The third-order valence-electron chi connectivity index (χ3n) is 8.80. The van der Waals surface area contributed by atoms with Crippen molar-refractivity contribution in [1.29, 1.82) is 0 Å². The van der Waals surface area contributed by atoms with Crippen molar-refractivity contribution in [2.75, 3.05) is 0 Å². The quantitative estimate of drug-likeness (QED) is 0.512. The summed E-state index contributed by atoms with van der Waals surface area (Å²) in [5.41, 5.74) is 11.8. The van der Waals surface area contributed by atoms with Gasteiger partial charge in [0.2, 0.25) is 6.34 Å². The molecule has 0 N–H and O–H groups in total. The molecular weight excluding hydrogens is 376 g/mol. The van der Waals surface area contributed by atoms with E-state index in [0.717, 1.165) is 13.1 Å². The molecular formula is C29H41N2+. The van der Waals surface area contributed by atoms with Crippen molar-refractivity contribution in [2.45, 2.75) is 99.8 Å². The molecule has 0 radical (unpaired) electrons. The van der Waals surface area contributed by atoms with E-state index >= 15 is 0 Å². The average molecular weight is 418 g/mol. The van der Waals surface area contributed by atoms with E-state index in [9.17, 15) is 0 Å². The summed E-state index contributed by atoms with van der Waals surface area (Å²) in [6.45, 7) is 23.0. The predicted octanol–water partition coefficient (Wildman–Crippen LogP) is 6.54. The van der Waals surface area contributed by atoms with Gasteiger partial charge in [-0.15, -0.1) is 0 Å². The van der Waals surface area contributed by atoms with Crippen LogP contribution in [0.15, 0.2) is 24.3 Å². The fourth-order valence-electron chi connectivity index (χ4n) is 6.58. The summed E-state index contributed by atoms with van der Waals surface area (Å²) in [7, 11) is 0. The fourth-order valence-corrected chi connectivity index (χ4v) is 6.58. The van der Waals surface area contributed by atoms with E-state index in [1.165, 1.54) is 57.3 Å². The van der Waals surface area contributed by atoms with Crippen LogP contribution in [0.3, 0.4) is 0 Å². The smallest absolute Gasteiger partial charge is 0.235 e. The van der Waals surface area contributed by atoms with Crippen LogP contribution in [-0.4, -0.2) is 27.4 Å². The molecule has 2 atom stereocenters. The number of benzene rings is 2. The van der Waals surface area contributed by atoms with Gasteiger partial charge in [0.25, 0.3) is 0 Å². The van der Waals surface area contributed by atoms with Gasteiger partial charge in [-0.05, 0) is 94.7 Å². The number of hydrogen-bond donors (Lipinski definition) is 0. The van der Waals surface area contributed by atoms with E-state index in [0.29, 0.717) is 6.04 Å². The molecule has 0 unspecified atom stereocenters. The Balaban J connectivity index is 1.77. The van der Waals surface area contributed by atoms with Gasteiger partial charge in [0.1, 0.15) is 24.7 Å². The van der Waals surface area contributed by atoms with Gasteiger partial charge in [-0.3, -0.25) is 9.48 Å². The Morgan fingerprint density at radius 1 is 0.806 bits per heavy atom. The summed E-state index contributed by atoms with van der Waals surface area (Å²) in [5.74, 6) is 0. The van der Waals surface area contributed by atoms with Gasteiger partial charge in [0.05, 0.1) is 0 Å². The zero-order valence-corrected chi connectivity index (χ0v) is 21.2. The second-order valence-corrected chi connectivity index (χ2v) is 11.2. The number of nitrogens with zero attached hydrogens (tertiary/aromatic N) is 2. The highest BCUT2D eigenvalue weighted by Crippen LogP contribution is 2.53. The zero-order valence-electron chi connectivity index (χ0n) is 21.2. The first kappa shape index (κ1) is 22.1. The van der Waals surface area contributed by atoms with Crippen LogP contribution in [0.2, 0.25) is 0 Å². The van der Waals surface area contributed by atoms with E-state index < -0.39 is 0 Å². The van der Waals surface area contributed by atoms with Crippen LogP contribution in [0.5, 0.6) is 0 Å². The number of hydrogen-bond acceptors (Lipinski definition) is 1. The molecule has 2 bridgehead atoms. The van der Waals surface area contributed by atoms with Gasteiger partial charge in [-0.1, -0.05) is 49.2 Å². The Labute approximate surface area is 190 Å². The molecule has 0 saturated heterocycles. The van der Waals surface area contributed by atoms with E-state index in [1.54, 1.807) is 0 Å². The van der Waals surface area contributed by atoms with Crippen molar-refractivity contribution in [3.8, 4) is 0 Å². The van der Waals surface area contributed by atoms with E-state index in [1.807, 2.05) is 0 Å². The highest BCUT2D eigenvalue weighted by Gasteiger charge is 2.62. The van der Waals surface area contributed by atoms with Crippen LogP contribution in [0.4, 0.5) is 0 Å². The standard InChI is InChI=1S/C29H41N2/c1-19-12-21(3)25(22(4)13-19)16-30-18-31(29(9)11-10-27(30)28(29,7)8)17-26-23(5)14-20(2)15-24(26)6/h12-15,18,27H,10-11,16-17H2,1-9H3/q+1/t27-,29+/m0/s1. The van der Waals surface area contributed by atoms with E-state index in [-0.39, 0.29) is 11.0 Å². The molecule has 4 rings (SSSR count). The predicted molar refractivity (Wildman–Crippen MR) is 132 cm³/mol. The minimum absolute atomic E-state index is 0.190. The van der Waals surface area contributed by atoms with Crippen LogP contribution in [0.25, 0.3) is 0 Å². The van der Waals surface area contributed by atoms with Gasteiger partial charge >= 0.3 is 0 Å². The first-order chi connectivity index (χ1) is 14.4. The molecule has 1 heterocycles. The minimum atomic E-state index is 0.190. The summed E-state index contributed by atoms with van der Waals surface area (Å²) < 4.78 is 2.66. The van der Waals surface area contributed by atoms with Crippen molar-refractivity contribution in [1.82, 2.24) is 4.90 Å². The first-order valence-electron chi connectivity index (χ1n) is 11.9. The van der Waals surface area contributed by atoms with Gasteiger partial charge < -0.3 is 0 Å². The van der Waals surface area contributed by atoms with Crippen LogP contribution in [0.1, 0.15) is 78.1 Å². The second-order valence-electron chi connectivity index (χ2n) is 11.2. The molecule has 2 aliphatic rings. The van der Waals surface area contributed by atoms with Crippen LogP contribution < -0.4 is 0 Å². The van der Waals surface area contributed by atoms with Crippen molar-refractivity contribution in [3.63, 3.8) is 0 Å². The van der Waals surface area contributed by atoms with Crippen molar-refractivity contribution < 1.29 is 4.58 Å². The van der Waals surface area contributed by atoms with Crippen LogP contribution in [0, 0.1) is 47.0 Å². The highest BCUT2D eigenvalue weighted by molar-refractivity contribution is 5.55. The van der Waals surface area contributed by atoms with Gasteiger partial charge in [0, 0.05) is 5.41 Å². The lowest BCUT2D eigenvalue weighted by Gasteiger charge is -2.47. The SMILES string of the molecule is Cc1cc(C)c(CN2C=[N+](Cc3c(C)cc(C)cc3C)[C@H]3CC[C@]2(C)C3(C)C)c(C)c1. The number of aryl methyl sites for hydroxylation is 6. The maximum absolute atomic E-state index is 2.68. The maximum Gasteiger partial charge on any atom is 0.235 e. The molecule has 1 saturated carbocycles. The molecule has 0 amide bonds. The highest BCUT2D eigenvalue weighted by atomic mass is 15.3. The molecule has 166 valence electrons. The lowest BCUT2D eigenvalue weighted by atomic mass is 9.71. The summed E-state index contributed by atoms with van der Waals surface area (Å²) in [5, 5.41) is 0. The zero-order chi connectivity index (χ0) is 22.7. The van der Waals surface area contributed by atoms with Gasteiger partial charge in [0.15, 0.2) is 0 Å². The summed E-state index contributed by atoms with van der Waals surface area (Å²) in [4.78, 5) is 2.68. The summed E-state index contributed by atoms with van der Waals surface area (Å²) in [6, 6.07) is 9.95. The molecule has 1 fully saturated rings. The molecule has 0 aromatic heterocycles. The second kappa shape index (κ2) is 7.50. The topological polar surface area (TPSA) is 6.25 Å². The normalized spacial score (nSPS) is 24.5. The third kappa shape index (κ3) is 3.52. The van der Waals surface area contributed by atoms with E-state index in [4.69, 9.17) is 0 Å². The number of fused-ring (bicyclic) bond motifs is 2. The van der Waals surface area contributed by atoms with Crippen LogP contribution >= 0.6 is 0 Å². The lowest BCUT2D eigenvalue weighted by Crippen LogP contribution is -2.61. The largest absolute Gasteiger partial charge is 0.261 e. The molecule has 2 heteroatoms. The van der Waals surface area contributed by atoms with Crippen LogP contribution in [-0.2, 0) is 13.1 Å². The Kier molecular flexibility index (Phi) is 5.35. The Morgan fingerprint density at radius 3 is 1.81 bits per heavy atom. The Hall–Kier alpha value is -2.09. The Bertz CT molecular complexity index is 1010. The third-order valence-corrected chi connectivity index (χ3v) is 8.80. The van der Waals surface area contributed by atoms with Gasteiger partial charge in [-0.2, -0.15) is 0 Å². The minimum Gasteiger partial charge on any atom is -0.261 e. The molecule has 31 heavy (non-hydrogen) atoms. The fraction of sp³-hybridized carbons (Fsp3) is 0.552. The molecule has 2 aromatic rings. The van der Waals surface area contributed by atoms with Gasteiger partial charge in [-0.25, -0.2) is 0 Å². The molecule has 1 aliphatic carbocycles.